The Hall–Kier alpha value is -1.40. The van der Waals surface area contributed by atoms with Crippen LogP contribution in [0, 0.1) is 6.92 Å². The van der Waals surface area contributed by atoms with E-state index in [-0.39, 0.29) is 12.5 Å². The van der Waals surface area contributed by atoms with Gasteiger partial charge in [-0.25, -0.2) is 9.97 Å². The number of carbonyl (C=O) groups excluding carboxylic acids is 1. The summed E-state index contributed by atoms with van der Waals surface area (Å²) in [6.07, 6.45) is 0. The minimum Gasteiger partial charge on any atom is -0.383 e. The third-order valence-corrected chi connectivity index (χ3v) is 2.70. The van der Waals surface area contributed by atoms with Crippen LogP contribution in [0.15, 0.2) is 6.07 Å². The van der Waals surface area contributed by atoms with Crippen molar-refractivity contribution in [3.63, 3.8) is 0 Å². The molecule has 0 radical (unpaired) electrons. The lowest BCUT2D eigenvalue weighted by Gasteiger charge is -2.24. The van der Waals surface area contributed by atoms with Gasteiger partial charge in [0.25, 0.3) is 0 Å². The van der Waals surface area contributed by atoms with Crippen molar-refractivity contribution in [1.29, 1.82) is 0 Å². The lowest BCUT2D eigenvalue weighted by molar-refractivity contribution is -0.127. The molecule has 0 unspecified atom stereocenters. The summed E-state index contributed by atoms with van der Waals surface area (Å²) in [5, 5.41) is 0.363. The van der Waals surface area contributed by atoms with Crippen molar-refractivity contribution in [3.05, 3.63) is 17.0 Å². The van der Waals surface area contributed by atoms with E-state index in [4.69, 9.17) is 16.3 Å². The third-order valence-electron chi connectivity index (χ3n) is 2.51. The van der Waals surface area contributed by atoms with E-state index in [0.29, 0.717) is 29.9 Å². The number of hydrogen-bond acceptors (Lipinski definition) is 5. The number of anilines is 1. The van der Waals surface area contributed by atoms with Crippen molar-refractivity contribution in [2.75, 3.05) is 45.8 Å². The molecule has 0 spiro atoms. The predicted octanol–water partition coefficient (Wildman–Crippen LogP) is 0.979. The number of methoxy groups -OCH3 is 1. The number of aryl methyl sites for hydroxylation is 1. The highest BCUT2D eigenvalue weighted by atomic mass is 35.5. The highest BCUT2D eigenvalue weighted by Gasteiger charge is 2.15. The van der Waals surface area contributed by atoms with Crippen LogP contribution >= 0.6 is 11.6 Å². The quantitative estimate of drug-likeness (QED) is 0.730. The highest BCUT2D eigenvalue weighted by Crippen LogP contribution is 2.15. The molecule has 0 aromatic carbocycles. The molecule has 1 rings (SSSR count). The Balaban J connectivity index is 2.91. The van der Waals surface area contributed by atoms with E-state index in [0.717, 1.165) is 0 Å². The fourth-order valence-corrected chi connectivity index (χ4v) is 1.68. The predicted molar refractivity (Wildman–Crippen MR) is 74.6 cm³/mol. The summed E-state index contributed by atoms with van der Waals surface area (Å²) in [6, 6.07) is 1.65. The monoisotopic (exact) mass is 286 g/mol. The Morgan fingerprint density at radius 1 is 1.42 bits per heavy atom. The Morgan fingerprint density at radius 2 is 2.11 bits per heavy atom. The van der Waals surface area contributed by atoms with Crippen LogP contribution in [0.1, 0.15) is 5.82 Å². The van der Waals surface area contributed by atoms with Gasteiger partial charge in [0, 0.05) is 33.8 Å². The topological polar surface area (TPSA) is 58.6 Å². The summed E-state index contributed by atoms with van der Waals surface area (Å²) in [7, 11) is 5.05. The molecule has 6 nitrogen and oxygen atoms in total. The van der Waals surface area contributed by atoms with Gasteiger partial charge in [-0.2, -0.15) is 0 Å². The number of rotatable bonds is 6. The van der Waals surface area contributed by atoms with Crippen molar-refractivity contribution < 1.29 is 9.53 Å². The molecule has 19 heavy (non-hydrogen) atoms. The van der Waals surface area contributed by atoms with E-state index >= 15 is 0 Å². The first-order valence-corrected chi connectivity index (χ1v) is 6.27. The zero-order valence-corrected chi connectivity index (χ0v) is 12.4. The molecule has 0 saturated carbocycles. The Kier molecular flexibility index (Phi) is 5.98. The van der Waals surface area contributed by atoms with Crippen LogP contribution in [0.4, 0.5) is 5.82 Å². The third kappa shape index (κ3) is 5.00. The number of likely N-dealkylation sites (N-methyl/N-ethyl adjacent to an activating group) is 1. The van der Waals surface area contributed by atoms with E-state index in [1.807, 2.05) is 4.90 Å². The zero-order chi connectivity index (χ0) is 14.4. The van der Waals surface area contributed by atoms with Gasteiger partial charge in [0.2, 0.25) is 5.91 Å². The van der Waals surface area contributed by atoms with E-state index in [2.05, 4.69) is 9.97 Å². The van der Waals surface area contributed by atoms with Crippen LogP contribution in [-0.4, -0.2) is 61.7 Å². The van der Waals surface area contributed by atoms with Gasteiger partial charge in [-0.15, -0.1) is 0 Å². The zero-order valence-electron chi connectivity index (χ0n) is 11.7. The van der Waals surface area contributed by atoms with Crippen molar-refractivity contribution in [3.8, 4) is 0 Å². The standard InChI is InChI=1S/C12H19ClN4O2/c1-9-14-10(13)7-11(15-9)17(5-6-19-4)8-12(18)16(2)3/h7H,5-6,8H2,1-4H3. The minimum absolute atomic E-state index is 0.0107. The first kappa shape index (κ1) is 15.7. The number of carbonyl (C=O) groups is 1. The number of aromatic nitrogens is 2. The van der Waals surface area contributed by atoms with Gasteiger partial charge in [0.1, 0.15) is 16.8 Å². The summed E-state index contributed by atoms with van der Waals surface area (Å²) in [4.78, 5) is 23.5. The molecule has 1 aromatic heterocycles. The molecule has 0 aliphatic carbocycles. The molecular formula is C12H19ClN4O2. The van der Waals surface area contributed by atoms with E-state index < -0.39 is 0 Å². The molecule has 0 aliphatic heterocycles. The van der Waals surface area contributed by atoms with Crippen LogP contribution < -0.4 is 4.90 Å². The highest BCUT2D eigenvalue weighted by molar-refractivity contribution is 6.29. The summed E-state index contributed by atoms with van der Waals surface area (Å²) in [5.74, 6) is 1.19. The molecule has 0 aliphatic rings. The summed E-state index contributed by atoms with van der Waals surface area (Å²) in [5.41, 5.74) is 0. The summed E-state index contributed by atoms with van der Waals surface area (Å²) in [6.45, 7) is 3.05. The molecule has 7 heteroatoms. The molecule has 106 valence electrons. The van der Waals surface area contributed by atoms with Gasteiger partial charge in [-0.3, -0.25) is 4.79 Å². The number of ether oxygens (including phenoxy) is 1. The van der Waals surface area contributed by atoms with Gasteiger partial charge in [0.15, 0.2) is 0 Å². The molecule has 1 heterocycles. The van der Waals surface area contributed by atoms with Crippen molar-refractivity contribution >= 4 is 23.3 Å². The van der Waals surface area contributed by atoms with Crippen LogP contribution in [-0.2, 0) is 9.53 Å². The van der Waals surface area contributed by atoms with Gasteiger partial charge < -0.3 is 14.5 Å². The second kappa shape index (κ2) is 7.25. The van der Waals surface area contributed by atoms with Crippen LogP contribution in [0.5, 0.6) is 0 Å². The van der Waals surface area contributed by atoms with Gasteiger partial charge in [0.05, 0.1) is 13.2 Å². The Bertz CT molecular complexity index is 419. The molecule has 0 N–H and O–H groups in total. The second-order valence-electron chi connectivity index (χ2n) is 4.30. The molecule has 0 fully saturated rings. The van der Waals surface area contributed by atoms with E-state index in [1.165, 1.54) is 4.90 Å². The van der Waals surface area contributed by atoms with E-state index in [9.17, 15) is 4.79 Å². The number of halogens is 1. The Labute approximate surface area is 118 Å². The number of amides is 1. The average Bonchev–Trinajstić information content (AvgIpc) is 2.32. The number of hydrogen-bond donors (Lipinski definition) is 0. The molecule has 0 atom stereocenters. The fourth-order valence-electron chi connectivity index (χ4n) is 1.46. The number of nitrogens with zero attached hydrogens (tertiary/aromatic N) is 4. The SMILES string of the molecule is COCCN(CC(=O)N(C)C)c1cc(Cl)nc(C)n1. The molecule has 0 saturated heterocycles. The van der Waals surface area contributed by atoms with Crippen LogP contribution in [0.3, 0.4) is 0 Å². The summed E-state index contributed by atoms with van der Waals surface area (Å²) >= 11 is 5.92. The van der Waals surface area contributed by atoms with Gasteiger partial charge in [-0.05, 0) is 6.92 Å². The first-order valence-electron chi connectivity index (χ1n) is 5.89. The first-order chi connectivity index (χ1) is 8.93. The molecule has 1 aromatic rings. The summed E-state index contributed by atoms with van der Waals surface area (Å²) < 4.78 is 5.05. The smallest absolute Gasteiger partial charge is 0.241 e. The van der Waals surface area contributed by atoms with Gasteiger partial charge in [-0.1, -0.05) is 11.6 Å². The van der Waals surface area contributed by atoms with Gasteiger partial charge >= 0.3 is 0 Å². The maximum Gasteiger partial charge on any atom is 0.241 e. The lowest BCUT2D eigenvalue weighted by Crippen LogP contribution is -2.39. The van der Waals surface area contributed by atoms with Crippen molar-refractivity contribution in [2.24, 2.45) is 0 Å². The molecule has 1 amide bonds. The average molecular weight is 287 g/mol. The minimum atomic E-state index is -0.0107. The molecule has 0 bridgehead atoms. The maximum absolute atomic E-state index is 11.8. The molecular weight excluding hydrogens is 268 g/mol. The van der Waals surface area contributed by atoms with Crippen LogP contribution in [0.2, 0.25) is 5.15 Å². The Morgan fingerprint density at radius 3 is 2.63 bits per heavy atom. The van der Waals surface area contributed by atoms with Crippen molar-refractivity contribution in [1.82, 2.24) is 14.9 Å². The normalized spacial score (nSPS) is 10.4. The largest absolute Gasteiger partial charge is 0.383 e. The van der Waals surface area contributed by atoms with Crippen LogP contribution in [0.25, 0.3) is 0 Å². The fraction of sp³-hybridized carbons (Fsp3) is 0.583. The lowest BCUT2D eigenvalue weighted by atomic mass is 10.4. The van der Waals surface area contributed by atoms with E-state index in [1.54, 1.807) is 34.2 Å². The second-order valence-corrected chi connectivity index (χ2v) is 4.69. The van der Waals surface area contributed by atoms with Crippen molar-refractivity contribution in [2.45, 2.75) is 6.92 Å². The maximum atomic E-state index is 11.8.